The van der Waals surface area contributed by atoms with Crippen LogP contribution in [0.15, 0.2) is 28.3 Å². The molecule has 0 saturated heterocycles. The molecular formula is C12H14BrN3OS. The quantitative estimate of drug-likeness (QED) is 0.883. The average molecular weight is 328 g/mol. The number of thiophene rings is 1. The second-order valence-electron chi connectivity index (χ2n) is 3.55. The predicted molar refractivity (Wildman–Crippen MR) is 77.4 cm³/mol. The van der Waals surface area contributed by atoms with Crippen LogP contribution in [0.4, 0.5) is 5.82 Å². The van der Waals surface area contributed by atoms with Gasteiger partial charge in [0.15, 0.2) is 0 Å². The second-order valence-corrected chi connectivity index (χ2v) is 5.37. The van der Waals surface area contributed by atoms with Crippen LogP contribution >= 0.6 is 27.3 Å². The molecule has 0 amide bonds. The smallest absolute Gasteiger partial charge is 0.233 e. The molecule has 0 fully saturated rings. The summed E-state index contributed by atoms with van der Waals surface area (Å²) < 4.78 is 6.44. The summed E-state index contributed by atoms with van der Waals surface area (Å²) in [4.78, 5) is 9.57. The Morgan fingerprint density at radius 3 is 3.06 bits per heavy atom. The fourth-order valence-electron chi connectivity index (χ4n) is 1.45. The second kappa shape index (κ2) is 6.70. The Morgan fingerprint density at radius 2 is 2.33 bits per heavy atom. The van der Waals surface area contributed by atoms with Crippen molar-refractivity contribution in [1.82, 2.24) is 9.97 Å². The maximum Gasteiger partial charge on any atom is 0.233 e. The van der Waals surface area contributed by atoms with Crippen molar-refractivity contribution in [3.8, 4) is 5.88 Å². The molecule has 0 bridgehead atoms. The summed E-state index contributed by atoms with van der Waals surface area (Å²) in [5.41, 5.74) is 0. The number of rotatable bonds is 6. The number of nitrogens with one attached hydrogen (secondary N) is 1. The van der Waals surface area contributed by atoms with Crippen molar-refractivity contribution in [2.24, 2.45) is 0 Å². The van der Waals surface area contributed by atoms with Crippen LogP contribution < -0.4 is 10.1 Å². The van der Waals surface area contributed by atoms with Crippen molar-refractivity contribution >= 4 is 33.1 Å². The number of halogens is 1. The largest absolute Gasteiger partial charge is 0.476 e. The first-order chi connectivity index (χ1) is 8.81. The summed E-state index contributed by atoms with van der Waals surface area (Å²) >= 11 is 5.19. The van der Waals surface area contributed by atoms with Crippen molar-refractivity contribution in [1.29, 1.82) is 0 Å². The third kappa shape index (κ3) is 3.43. The standard InChI is InChI=1S/C12H14BrN3OS/c1-2-14-11-10(13)12(16-8-15-11)17-6-5-9-4-3-7-18-9/h3-4,7-8H,2,5-6H2,1H3,(H,14,15,16). The van der Waals surface area contributed by atoms with Crippen LogP contribution in [0.1, 0.15) is 11.8 Å². The molecule has 96 valence electrons. The molecule has 1 N–H and O–H groups in total. The van der Waals surface area contributed by atoms with E-state index in [0.717, 1.165) is 23.3 Å². The van der Waals surface area contributed by atoms with Gasteiger partial charge >= 0.3 is 0 Å². The van der Waals surface area contributed by atoms with Gasteiger partial charge < -0.3 is 10.1 Å². The van der Waals surface area contributed by atoms with E-state index in [4.69, 9.17) is 4.74 Å². The Bertz CT molecular complexity index is 490. The Balaban J connectivity index is 1.94. The molecule has 0 aliphatic carbocycles. The van der Waals surface area contributed by atoms with E-state index in [2.05, 4.69) is 42.7 Å². The Labute approximate surface area is 119 Å². The molecule has 4 nitrogen and oxygen atoms in total. The van der Waals surface area contributed by atoms with E-state index in [1.807, 2.05) is 13.0 Å². The first-order valence-corrected chi connectivity index (χ1v) is 7.38. The van der Waals surface area contributed by atoms with Crippen molar-refractivity contribution in [3.63, 3.8) is 0 Å². The van der Waals surface area contributed by atoms with Gasteiger partial charge in [0.25, 0.3) is 0 Å². The van der Waals surface area contributed by atoms with E-state index >= 15 is 0 Å². The highest BCUT2D eigenvalue weighted by Gasteiger charge is 2.09. The molecular weight excluding hydrogens is 314 g/mol. The highest BCUT2D eigenvalue weighted by atomic mass is 79.9. The van der Waals surface area contributed by atoms with Crippen LogP contribution in [0.2, 0.25) is 0 Å². The molecule has 0 aliphatic rings. The van der Waals surface area contributed by atoms with Crippen LogP contribution in [0.3, 0.4) is 0 Å². The van der Waals surface area contributed by atoms with Gasteiger partial charge in [-0.05, 0) is 34.3 Å². The fourth-order valence-corrected chi connectivity index (χ4v) is 2.60. The Hall–Kier alpha value is -1.14. The first-order valence-electron chi connectivity index (χ1n) is 5.70. The molecule has 18 heavy (non-hydrogen) atoms. The molecule has 2 aromatic rings. The average Bonchev–Trinajstić information content (AvgIpc) is 2.87. The van der Waals surface area contributed by atoms with E-state index in [9.17, 15) is 0 Å². The van der Waals surface area contributed by atoms with E-state index in [0.29, 0.717) is 12.5 Å². The summed E-state index contributed by atoms with van der Waals surface area (Å²) in [6, 6.07) is 4.15. The predicted octanol–water partition coefficient (Wildman–Crippen LogP) is 3.35. The van der Waals surface area contributed by atoms with Gasteiger partial charge in [0.05, 0.1) is 6.61 Å². The SMILES string of the molecule is CCNc1ncnc(OCCc2cccs2)c1Br. The summed E-state index contributed by atoms with van der Waals surface area (Å²) in [7, 11) is 0. The zero-order chi connectivity index (χ0) is 12.8. The van der Waals surface area contributed by atoms with Crippen molar-refractivity contribution in [2.75, 3.05) is 18.5 Å². The summed E-state index contributed by atoms with van der Waals surface area (Å²) in [5.74, 6) is 1.34. The number of hydrogen-bond acceptors (Lipinski definition) is 5. The van der Waals surface area contributed by atoms with Gasteiger partial charge in [-0.15, -0.1) is 11.3 Å². The molecule has 0 atom stereocenters. The normalized spacial score (nSPS) is 10.3. The zero-order valence-corrected chi connectivity index (χ0v) is 12.4. The number of hydrogen-bond donors (Lipinski definition) is 1. The molecule has 6 heteroatoms. The van der Waals surface area contributed by atoms with Gasteiger partial charge in [0.1, 0.15) is 16.6 Å². The fraction of sp³-hybridized carbons (Fsp3) is 0.333. The minimum atomic E-state index is 0.581. The van der Waals surface area contributed by atoms with Crippen LogP contribution in [-0.2, 0) is 6.42 Å². The number of nitrogens with zero attached hydrogens (tertiary/aromatic N) is 2. The lowest BCUT2D eigenvalue weighted by Gasteiger charge is -2.09. The molecule has 0 radical (unpaired) electrons. The summed E-state index contributed by atoms with van der Waals surface area (Å²) in [5, 5.41) is 5.21. The van der Waals surface area contributed by atoms with Gasteiger partial charge in [-0.3, -0.25) is 0 Å². The number of ether oxygens (including phenoxy) is 1. The van der Waals surface area contributed by atoms with Crippen LogP contribution in [0.5, 0.6) is 5.88 Å². The highest BCUT2D eigenvalue weighted by Crippen LogP contribution is 2.28. The molecule has 0 spiro atoms. The highest BCUT2D eigenvalue weighted by molar-refractivity contribution is 9.10. The molecule has 0 aliphatic heterocycles. The molecule has 0 saturated carbocycles. The molecule has 0 unspecified atom stereocenters. The van der Waals surface area contributed by atoms with Crippen molar-refractivity contribution < 1.29 is 4.74 Å². The molecule has 2 rings (SSSR count). The maximum absolute atomic E-state index is 5.67. The van der Waals surface area contributed by atoms with E-state index in [1.165, 1.54) is 11.2 Å². The van der Waals surface area contributed by atoms with E-state index < -0.39 is 0 Å². The molecule has 2 heterocycles. The zero-order valence-electron chi connectivity index (χ0n) is 10.0. The van der Waals surface area contributed by atoms with Crippen molar-refractivity contribution in [3.05, 3.63) is 33.2 Å². The number of anilines is 1. The lowest BCUT2D eigenvalue weighted by Crippen LogP contribution is -2.06. The van der Waals surface area contributed by atoms with Gasteiger partial charge in [-0.25, -0.2) is 9.97 Å². The minimum Gasteiger partial charge on any atom is -0.476 e. The Morgan fingerprint density at radius 1 is 1.44 bits per heavy atom. The third-order valence-electron chi connectivity index (χ3n) is 2.27. The maximum atomic E-state index is 5.67. The third-order valence-corrected chi connectivity index (χ3v) is 3.92. The minimum absolute atomic E-state index is 0.581. The van der Waals surface area contributed by atoms with Gasteiger partial charge in [0.2, 0.25) is 5.88 Å². The Kier molecular flexibility index (Phi) is 4.95. The van der Waals surface area contributed by atoms with E-state index in [1.54, 1.807) is 11.3 Å². The summed E-state index contributed by atoms with van der Waals surface area (Å²) in [6.07, 6.45) is 2.40. The molecule has 0 aromatic carbocycles. The molecule has 2 aromatic heterocycles. The van der Waals surface area contributed by atoms with E-state index in [-0.39, 0.29) is 0 Å². The van der Waals surface area contributed by atoms with Crippen LogP contribution in [-0.4, -0.2) is 23.1 Å². The first kappa shape index (κ1) is 13.3. The van der Waals surface area contributed by atoms with Crippen LogP contribution in [0, 0.1) is 0 Å². The van der Waals surface area contributed by atoms with Crippen molar-refractivity contribution in [2.45, 2.75) is 13.3 Å². The van der Waals surface area contributed by atoms with Gasteiger partial charge in [-0.2, -0.15) is 0 Å². The van der Waals surface area contributed by atoms with Crippen LogP contribution in [0.25, 0.3) is 0 Å². The topological polar surface area (TPSA) is 47.0 Å². The van der Waals surface area contributed by atoms with Gasteiger partial charge in [0, 0.05) is 17.8 Å². The monoisotopic (exact) mass is 327 g/mol. The lowest BCUT2D eigenvalue weighted by molar-refractivity contribution is 0.308. The summed E-state index contributed by atoms with van der Waals surface area (Å²) in [6.45, 7) is 3.44. The van der Waals surface area contributed by atoms with Gasteiger partial charge in [-0.1, -0.05) is 6.07 Å². The lowest BCUT2D eigenvalue weighted by atomic mass is 10.4. The number of aromatic nitrogens is 2.